The average Bonchev–Trinajstić information content (AvgIpc) is 2.85. The summed E-state index contributed by atoms with van der Waals surface area (Å²) in [4.78, 5) is 24.8. The van der Waals surface area contributed by atoms with Crippen molar-refractivity contribution in [2.45, 2.75) is 13.8 Å². The van der Waals surface area contributed by atoms with Gasteiger partial charge in [0.2, 0.25) is 11.2 Å². The third-order valence-corrected chi connectivity index (χ3v) is 5.03. The Hall–Kier alpha value is -4.32. The van der Waals surface area contributed by atoms with E-state index in [1.165, 1.54) is 0 Å². The summed E-state index contributed by atoms with van der Waals surface area (Å²) < 4.78 is 22.4. The minimum Gasteiger partial charge on any atom is -0.489 e. The Morgan fingerprint density at radius 1 is 0.971 bits per heavy atom. The van der Waals surface area contributed by atoms with Gasteiger partial charge in [-0.15, -0.1) is 0 Å². The predicted molar refractivity (Wildman–Crippen MR) is 131 cm³/mol. The maximum Gasteiger partial charge on any atom is 0.338 e. The Morgan fingerprint density at radius 2 is 1.71 bits per heavy atom. The monoisotopic (exact) mass is 456 g/mol. The summed E-state index contributed by atoms with van der Waals surface area (Å²) in [5.41, 5.74) is 1.62. The highest BCUT2D eigenvalue weighted by molar-refractivity contribution is 5.89. The van der Waals surface area contributed by atoms with Crippen molar-refractivity contribution in [3.05, 3.63) is 106 Å². The van der Waals surface area contributed by atoms with E-state index in [0.717, 1.165) is 5.56 Å². The van der Waals surface area contributed by atoms with Gasteiger partial charge in [-0.05, 0) is 61.9 Å². The fourth-order valence-corrected chi connectivity index (χ4v) is 3.36. The highest BCUT2D eigenvalue weighted by Gasteiger charge is 2.15. The number of fused-ring (bicyclic) bond motifs is 1. The van der Waals surface area contributed by atoms with Crippen molar-refractivity contribution >= 4 is 23.0 Å². The van der Waals surface area contributed by atoms with E-state index in [1.807, 2.05) is 42.5 Å². The van der Waals surface area contributed by atoms with Gasteiger partial charge in [0.15, 0.2) is 0 Å². The zero-order chi connectivity index (χ0) is 23.9. The zero-order valence-electron chi connectivity index (χ0n) is 18.9. The topological polar surface area (TPSA) is 75.0 Å². The van der Waals surface area contributed by atoms with E-state index in [2.05, 4.69) is 0 Å². The molecule has 4 aromatic rings. The van der Waals surface area contributed by atoms with E-state index in [9.17, 15) is 9.59 Å². The molecule has 172 valence electrons. The molecule has 6 nitrogen and oxygen atoms in total. The molecule has 0 aliphatic carbocycles. The molecular weight excluding hydrogens is 432 g/mol. The van der Waals surface area contributed by atoms with Crippen molar-refractivity contribution in [1.29, 1.82) is 0 Å². The minimum absolute atomic E-state index is 0.0934. The molecule has 34 heavy (non-hydrogen) atoms. The van der Waals surface area contributed by atoms with Crippen LogP contribution >= 0.6 is 0 Å². The van der Waals surface area contributed by atoms with Crippen LogP contribution in [0.3, 0.4) is 0 Å². The highest BCUT2D eigenvalue weighted by Crippen LogP contribution is 2.27. The fourth-order valence-electron chi connectivity index (χ4n) is 3.36. The number of ether oxygens (including phenoxy) is 3. The molecule has 0 fully saturated rings. The van der Waals surface area contributed by atoms with Gasteiger partial charge in [-0.3, -0.25) is 4.79 Å². The Morgan fingerprint density at radius 3 is 2.44 bits per heavy atom. The van der Waals surface area contributed by atoms with Gasteiger partial charge >= 0.3 is 5.97 Å². The van der Waals surface area contributed by atoms with E-state index < -0.39 is 5.97 Å². The molecule has 0 saturated carbocycles. The van der Waals surface area contributed by atoms with Crippen LogP contribution in [0.25, 0.3) is 17.0 Å². The number of hydrogen-bond donors (Lipinski definition) is 0. The van der Waals surface area contributed by atoms with Crippen LogP contribution in [0.5, 0.6) is 17.2 Å². The van der Waals surface area contributed by atoms with Crippen LogP contribution in [0.1, 0.15) is 28.6 Å². The molecular formula is C28H24O6. The van der Waals surface area contributed by atoms with Gasteiger partial charge < -0.3 is 18.6 Å². The lowest BCUT2D eigenvalue weighted by molar-refractivity contribution is 0.0526. The third-order valence-electron chi connectivity index (χ3n) is 5.03. The third kappa shape index (κ3) is 5.35. The van der Waals surface area contributed by atoms with Gasteiger partial charge in [0.05, 0.1) is 17.6 Å². The number of aryl methyl sites for hydroxylation is 1. The summed E-state index contributed by atoms with van der Waals surface area (Å²) in [6.07, 6.45) is 3.90. The first-order valence-electron chi connectivity index (χ1n) is 10.9. The minimum atomic E-state index is -0.413. The Balaban J connectivity index is 1.49. The Labute approximate surface area is 197 Å². The fraction of sp³-hybridized carbons (Fsp3) is 0.143. The molecule has 0 saturated heterocycles. The number of esters is 1. The van der Waals surface area contributed by atoms with Crippen molar-refractivity contribution in [3.8, 4) is 17.2 Å². The van der Waals surface area contributed by atoms with E-state index in [4.69, 9.17) is 18.6 Å². The second kappa shape index (κ2) is 10.5. The van der Waals surface area contributed by atoms with Crippen molar-refractivity contribution < 1.29 is 23.4 Å². The molecule has 1 heterocycles. The molecule has 0 amide bonds. The zero-order valence-corrected chi connectivity index (χ0v) is 18.9. The lowest BCUT2D eigenvalue weighted by Crippen LogP contribution is -2.08. The quantitative estimate of drug-likeness (QED) is 0.296. The van der Waals surface area contributed by atoms with Gasteiger partial charge in [0.1, 0.15) is 29.4 Å². The van der Waals surface area contributed by atoms with Crippen LogP contribution in [-0.2, 0) is 4.74 Å². The van der Waals surface area contributed by atoms with Crippen molar-refractivity contribution in [2.24, 2.45) is 0 Å². The molecule has 0 unspecified atom stereocenters. The van der Waals surface area contributed by atoms with Crippen LogP contribution in [0.4, 0.5) is 0 Å². The van der Waals surface area contributed by atoms with Gasteiger partial charge in [-0.2, -0.15) is 0 Å². The second-order valence-electron chi connectivity index (χ2n) is 7.45. The van der Waals surface area contributed by atoms with Crippen molar-refractivity contribution in [2.75, 3.05) is 13.2 Å². The maximum absolute atomic E-state index is 13.0. The maximum atomic E-state index is 13.0. The largest absolute Gasteiger partial charge is 0.489 e. The summed E-state index contributed by atoms with van der Waals surface area (Å²) in [6, 6.07) is 21.4. The van der Waals surface area contributed by atoms with Crippen LogP contribution < -0.4 is 14.9 Å². The first kappa shape index (κ1) is 22.9. The molecule has 3 aromatic carbocycles. The van der Waals surface area contributed by atoms with Crippen molar-refractivity contribution in [1.82, 2.24) is 0 Å². The second-order valence-corrected chi connectivity index (χ2v) is 7.45. The molecule has 0 aliphatic heterocycles. The Bertz CT molecular complexity index is 1370. The normalized spacial score (nSPS) is 11.0. The standard InChI is InChI=1S/C28H24O6/c1-3-31-28(30)21-11-13-22(14-12-21)34-27-19(2)33-25-18-23(15-16-24(25)26(27)29)32-17-7-10-20-8-5-4-6-9-20/h4-16,18H,3,17H2,1-2H3/b10-7+. The number of benzene rings is 3. The van der Waals surface area contributed by atoms with Gasteiger partial charge in [0, 0.05) is 6.07 Å². The molecule has 0 bridgehead atoms. The molecule has 1 aromatic heterocycles. The summed E-state index contributed by atoms with van der Waals surface area (Å²) in [5.74, 6) is 1.02. The summed E-state index contributed by atoms with van der Waals surface area (Å²) >= 11 is 0. The molecule has 4 rings (SSSR count). The molecule has 0 N–H and O–H groups in total. The number of hydrogen-bond acceptors (Lipinski definition) is 6. The number of carbonyl (C=O) groups excluding carboxylic acids is 1. The van der Waals surface area contributed by atoms with E-state index in [-0.39, 0.29) is 11.2 Å². The van der Waals surface area contributed by atoms with Crippen LogP contribution in [0.2, 0.25) is 0 Å². The highest BCUT2D eigenvalue weighted by atomic mass is 16.5. The first-order chi connectivity index (χ1) is 16.5. The Kier molecular flexibility index (Phi) is 7.08. The van der Waals surface area contributed by atoms with E-state index in [1.54, 1.807) is 56.3 Å². The lowest BCUT2D eigenvalue weighted by Gasteiger charge is -2.10. The lowest BCUT2D eigenvalue weighted by atomic mass is 10.2. The van der Waals surface area contributed by atoms with E-state index >= 15 is 0 Å². The molecule has 0 aliphatic rings. The molecule has 0 spiro atoms. The predicted octanol–water partition coefficient (Wildman–Crippen LogP) is 6.16. The smallest absolute Gasteiger partial charge is 0.338 e. The van der Waals surface area contributed by atoms with Crippen LogP contribution in [-0.4, -0.2) is 19.2 Å². The summed E-state index contributed by atoms with van der Waals surface area (Å²) in [5, 5.41) is 0.385. The average molecular weight is 456 g/mol. The molecule has 0 atom stereocenters. The number of rotatable bonds is 8. The summed E-state index contributed by atoms with van der Waals surface area (Å²) in [6.45, 7) is 4.09. The van der Waals surface area contributed by atoms with Crippen LogP contribution in [0.15, 0.2) is 88.1 Å². The number of carbonyl (C=O) groups is 1. The molecule has 6 heteroatoms. The first-order valence-corrected chi connectivity index (χ1v) is 10.9. The van der Waals surface area contributed by atoms with Gasteiger partial charge in [-0.1, -0.05) is 36.4 Å². The summed E-state index contributed by atoms with van der Waals surface area (Å²) in [7, 11) is 0. The molecule has 0 radical (unpaired) electrons. The van der Waals surface area contributed by atoms with Crippen molar-refractivity contribution in [3.63, 3.8) is 0 Å². The SMILES string of the molecule is CCOC(=O)c1ccc(Oc2c(C)oc3cc(OC/C=C/c4ccccc4)ccc3c2=O)cc1. The van der Waals surface area contributed by atoms with E-state index in [0.29, 0.717) is 47.0 Å². The van der Waals surface area contributed by atoms with Gasteiger partial charge in [-0.25, -0.2) is 4.79 Å². The van der Waals surface area contributed by atoms with Gasteiger partial charge in [0.25, 0.3) is 0 Å². The van der Waals surface area contributed by atoms with Crippen LogP contribution in [0, 0.1) is 6.92 Å².